The van der Waals surface area contributed by atoms with Crippen LogP contribution in [-0.2, 0) is 4.74 Å². The molecule has 0 bridgehead atoms. The highest BCUT2D eigenvalue weighted by atomic mass is 32.1. The third-order valence-electron chi connectivity index (χ3n) is 3.76. The van der Waals surface area contributed by atoms with Gasteiger partial charge in [-0.2, -0.15) is 0 Å². The number of carbonyl (C=O) groups excluding carboxylic acids is 1. The third kappa shape index (κ3) is 3.70. The molecule has 1 aromatic heterocycles. The van der Waals surface area contributed by atoms with E-state index in [2.05, 4.69) is 24.1 Å². The molecule has 0 unspecified atom stereocenters. The van der Waals surface area contributed by atoms with Gasteiger partial charge in [-0.25, -0.2) is 9.78 Å². The average molecular weight is 297 g/mol. The Balaban J connectivity index is 1.81. The van der Waals surface area contributed by atoms with E-state index in [4.69, 9.17) is 4.74 Å². The molecule has 0 saturated carbocycles. The molecule has 2 rings (SSSR count). The molecule has 0 aromatic carbocycles. The molecule has 112 valence electrons. The molecule has 1 N–H and O–H groups in total. The molecule has 6 heteroatoms. The molecular formula is C14H23N3O2S. The van der Waals surface area contributed by atoms with Crippen molar-refractivity contribution in [3.63, 3.8) is 0 Å². The molecule has 1 aromatic rings. The Kier molecular flexibility index (Phi) is 5.37. The first-order valence-electron chi connectivity index (χ1n) is 7.07. The smallest absolute Gasteiger partial charge is 0.317 e. The fourth-order valence-electron chi connectivity index (χ4n) is 2.37. The summed E-state index contributed by atoms with van der Waals surface area (Å²) in [6.07, 6.45) is 2.01. The summed E-state index contributed by atoms with van der Waals surface area (Å²) >= 11 is 1.80. The van der Waals surface area contributed by atoms with Crippen molar-refractivity contribution in [2.45, 2.75) is 32.6 Å². The topological polar surface area (TPSA) is 54.5 Å². The SMILES string of the molecule is COCCNC(=O)N1CCC(c2nc(C)c(C)s2)CC1. The van der Waals surface area contributed by atoms with E-state index in [0.717, 1.165) is 31.6 Å². The summed E-state index contributed by atoms with van der Waals surface area (Å²) in [6.45, 7) is 6.92. The van der Waals surface area contributed by atoms with E-state index >= 15 is 0 Å². The number of hydrogen-bond acceptors (Lipinski definition) is 4. The number of amides is 2. The first-order valence-corrected chi connectivity index (χ1v) is 7.89. The standard InChI is InChI=1S/C14H23N3O2S/c1-10-11(2)20-13(16-10)12-4-7-17(8-5-12)14(18)15-6-9-19-3/h12H,4-9H2,1-3H3,(H,15,18). The fraction of sp³-hybridized carbons (Fsp3) is 0.714. The zero-order chi connectivity index (χ0) is 14.5. The Bertz CT molecular complexity index is 434. The predicted molar refractivity (Wildman–Crippen MR) is 80.4 cm³/mol. The fourth-order valence-corrected chi connectivity index (χ4v) is 3.47. The van der Waals surface area contributed by atoms with Crippen LogP contribution in [0.2, 0.25) is 0 Å². The lowest BCUT2D eigenvalue weighted by Gasteiger charge is -2.31. The van der Waals surface area contributed by atoms with Crippen molar-refractivity contribution in [2.24, 2.45) is 0 Å². The Labute approximate surface area is 124 Å². The highest BCUT2D eigenvalue weighted by Gasteiger charge is 2.25. The van der Waals surface area contributed by atoms with Crippen LogP contribution in [0.15, 0.2) is 0 Å². The molecule has 1 saturated heterocycles. The van der Waals surface area contributed by atoms with Crippen LogP contribution in [0.25, 0.3) is 0 Å². The van der Waals surface area contributed by atoms with Crippen LogP contribution >= 0.6 is 11.3 Å². The number of aromatic nitrogens is 1. The monoisotopic (exact) mass is 297 g/mol. The molecule has 0 atom stereocenters. The Morgan fingerprint density at radius 2 is 2.15 bits per heavy atom. The number of carbonyl (C=O) groups is 1. The van der Waals surface area contributed by atoms with Gasteiger partial charge in [0.05, 0.1) is 17.3 Å². The number of rotatable bonds is 4. The first kappa shape index (κ1) is 15.3. The molecule has 2 amide bonds. The second-order valence-electron chi connectivity index (χ2n) is 5.18. The van der Waals surface area contributed by atoms with Gasteiger partial charge in [0.25, 0.3) is 0 Å². The molecule has 2 heterocycles. The van der Waals surface area contributed by atoms with Crippen molar-refractivity contribution >= 4 is 17.4 Å². The summed E-state index contributed by atoms with van der Waals surface area (Å²) in [5, 5.41) is 4.11. The summed E-state index contributed by atoms with van der Waals surface area (Å²) in [6, 6.07) is 0.0204. The molecule has 0 radical (unpaired) electrons. The van der Waals surface area contributed by atoms with E-state index in [0.29, 0.717) is 19.1 Å². The zero-order valence-corrected chi connectivity index (χ0v) is 13.3. The van der Waals surface area contributed by atoms with Crippen molar-refractivity contribution in [3.8, 4) is 0 Å². The van der Waals surface area contributed by atoms with Gasteiger partial charge in [-0.15, -0.1) is 11.3 Å². The van der Waals surface area contributed by atoms with Crippen LogP contribution in [-0.4, -0.2) is 49.3 Å². The normalized spacial score (nSPS) is 16.4. The van der Waals surface area contributed by atoms with Gasteiger partial charge in [0.1, 0.15) is 0 Å². The second-order valence-corrected chi connectivity index (χ2v) is 6.41. The highest BCUT2D eigenvalue weighted by Crippen LogP contribution is 2.32. The molecule has 5 nitrogen and oxygen atoms in total. The van der Waals surface area contributed by atoms with Crippen LogP contribution in [0.5, 0.6) is 0 Å². The summed E-state index contributed by atoms with van der Waals surface area (Å²) in [7, 11) is 1.63. The number of thiazole rings is 1. The van der Waals surface area contributed by atoms with Gasteiger partial charge >= 0.3 is 6.03 Å². The van der Waals surface area contributed by atoms with Crippen molar-refractivity contribution in [3.05, 3.63) is 15.6 Å². The number of nitrogens with one attached hydrogen (secondary N) is 1. The largest absolute Gasteiger partial charge is 0.383 e. The van der Waals surface area contributed by atoms with Gasteiger partial charge in [-0.3, -0.25) is 0 Å². The quantitative estimate of drug-likeness (QED) is 0.868. The first-order chi connectivity index (χ1) is 9.61. The van der Waals surface area contributed by atoms with Gasteiger partial charge in [0, 0.05) is 37.5 Å². The summed E-state index contributed by atoms with van der Waals surface area (Å²) in [5.74, 6) is 0.510. The minimum Gasteiger partial charge on any atom is -0.383 e. The van der Waals surface area contributed by atoms with Crippen LogP contribution in [0, 0.1) is 13.8 Å². The number of hydrogen-bond donors (Lipinski definition) is 1. The van der Waals surface area contributed by atoms with Crippen molar-refractivity contribution in [2.75, 3.05) is 33.4 Å². The minimum absolute atomic E-state index is 0.0204. The number of nitrogens with zero attached hydrogens (tertiary/aromatic N) is 2. The van der Waals surface area contributed by atoms with Gasteiger partial charge in [-0.1, -0.05) is 0 Å². The molecule has 1 aliphatic rings. The maximum Gasteiger partial charge on any atom is 0.317 e. The highest BCUT2D eigenvalue weighted by molar-refractivity contribution is 7.11. The minimum atomic E-state index is 0.0204. The van der Waals surface area contributed by atoms with E-state index in [1.807, 2.05) is 4.90 Å². The summed E-state index contributed by atoms with van der Waals surface area (Å²) < 4.78 is 4.93. The van der Waals surface area contributed by atoms with Crippen molar-refractivity contribution in [1.82, 2.24) is 15.2 Å². The lowest BCUT2D eigenvalue weighted by molar-refractivity contribution is 0.169. The van der Waals surface area contributed by atoms with Crippen LogP contribution < -0.4 is 5.32 Å². The number of ether oxygens (including phenoxy) is 1. The Morgan fingerprint density at radius 1 is 1.45 bits per heavy atom. The molecule has 20 heavy (non-hydrogen) atoms. The number of likely N-dealkylation sites (tertiary alicyclic amines) is 1. The number of methoxy groups -OCH3 is 1. The lowest BCUT2D eigenvalue weighted by Crippen LogP contribution is -2.44. The molecule has 1 fully saturated rings. The van der Waals surface area contributed by atoms with E-state index in [9.17, 15) is 4.79 Å². The maximum atomic E-state index is 11.9. The predicted octanol–water partition coefficient (Wildman–Crippen LogP) is 2.30. The van der Waals surface area contributed by atoms with Gasteiger partial charge in [0.2, 0.25) is 0 Å². The number of urea groups is 1. The van der Waals surface area contributed by atoms with Gasteiger partial charge in [0.15, 0.2) is 0 Å². The Morgan fingerprint density at radius 3 is 2.70 bits per heavy atom. The van der Waals surface area contributed by atoms with Crippen LogP contribution in [0.4, 0.5) is 4.79 Å². The lowest BCUT2D eigenvalue weighted by atomic mass is 9.98. The van der Waals surface area contributed by atoms with E-state index in [1.54, 1.807) is 18.4 Å². The number of aryl methyl sites for hydroxylation is 2. The van der Waals surface area contributed by atoms with Crippen molar-refractivity contribution in [1.29, 1.82) is 0 Å². The zero-order valence-electron chi connectivity index (χ0n) is 12.4. The van der Waals surface area contributed by atoms with Crippen LogP contribution in [0.3, 0.4) is 0 Å². The van der Waals surface area contributed by atoms with Crippen LogP contribution in [0.1, 0.15) is 34.3 Å². The van der Waals surface area contributed by atoms with Gasteiger partial charge in [-0.05, 0) is 26.7 Å². The third-order valence-corrected chi connectivity index (χ3v) is 4.99. The molecule has 1 aliphatic heterocycles. The van der Waals surface area contributed by atoms with Crippen molar-refractivity contribution < 1.29 is 9.53 Å². The van der Waals surface area contributed by atoms with E-state index in [-0.39, 0.29) is 6.03 Å². The molecule has 0 aliphatic carbocycles. The average Bonchev–Trinajstić information content (AvgIpc) is 2.79. The summed E-state index contributed by atoms with van der Waals surface area (Å²) in [4.78, 5) is 19.8. The Hall–Kier alpha value is -1.14. The van der Waals surface area contributed by atoms with Gasteiger partial charge < -0.3 is 15.0 Å². The molecular weight excluding hydrogens is 274 g/mol. The molecule has 0 spiro atoms. The number of piperidine rings is 1. The summed E-state index contributed by atoms with van der Waals surface area (Å²) in [5.41, 5.74) is 1.14. The van der Waals surface area contributed by atoms with E-state index in [1.165, 1.54) is 9.88 Å². The van der Waals surface area contributed by atoms with E-state index < -0.39 is 0 Å². The maximum absolute atomic E-state index is 11.9. The second kappa shape index (κ2) is 7.04.